The second kappa shape index (κ2) is 10.4. The van der Waals surface area contributed by atoms with Crippen LogP contribution in [0.1, 0.15) is 65.5 Å². The highest BCUT2D eigenvalue weighted by atomic mass is 32.1. The van der Waals surface area contributed by atoms with Crippen molar-refractivity contribution in [2.45, 2.75) is 52.1 Å². The second-order valence-corrected chi connectivity index (χ2v) is 10.6. The quantitative estimate of drug-likeness (QED) is 0.354. The monoisotopic (exact) mass is 546 g/mol. The first kappa shape index (κ1) is 26.2. The number of anilines is 1. The predicted molar refractivity (Wildman–Crippen MR) is 146 cm³/mol. The topological polar surface area (TPSA) is 145 Å². The molecule has 2 N–H and O–H groups in total. The summed E-state index contributed by atoms with van der Waals surface area (Å²) in [6.07, 6.45) is 1.80. The lowest BCUT2D eigenvalue weighted by molar-refractivity contribution is -0.135. The van der Waals surface area contributed by atoms with Crippen LogP contribution >= 0.6 is 11.3 Å². The Labute approximate surface area is 226 Å². The van der Waals surface area contributed by atoms with Gasteiger partial charge in [0.1, 0.15) is 17.4 Å². The molecule has 200 valence electrons. The summed E-state index contributed by atoms with van der Waals surface area (Å²) in [6, 6.07) is 6.73. The van der Waals surface area contributed by atoms with Gasteiger partial charge < -0.3 is 9.88 Å². The van der Waals surface area contributed by atoms with Gasteiger partial charge in [0.15, 0.2) is 0 Å². The molecule has 0 aliphatic carbocycles. The number of carbonyl (C=O) groups is 3. The fourth-order valence-electron chi connectivity index (χ4n) is 4.54. The van der Waals surface area contributed by atoms with Crippen molar-refractivity contribution in [3.05, 3.63) is 84.7 Å². The summed E-state index contributed by atoms with van der Waals surface area (Å²) in [4.78, 5) is 72.1. The maximum absolute atomic E-state index is 13.4. The third-order valence-electron chi connectivity index (χ3n) is 6.52. The lowest BCUT2D eigenvalue weighted by Gasteiger charge is -2.24. The first-order chi connectivity index (χ1) is 18.6. The Bertz CT molecular complexity index is 1750. The van der Waals surface area contributed by atoms with Gasteiger partial charge in [0.25, 0.3) is 17.0 Å². The summed E-state index contributed by atoms with van der Waals surface area (Å²) >= 11 is 1.53. The van der Waals surface area contributed by atoms with Crippen LogP contribution in [0, 0.1) is 6.92 Å². The van der Waals surface area contributed by atoms with Crippen LogP contribution < -0.4 is 21.8 Å². The molecule has 1 atom stereocenters. The first-order valence-corrected chi connectivity index (χ1v) is 13.3. The Morgan fingerprint density at radius 3 is 2.67 bits per heavy atom. The lowest BCUT2D eigenvalue weighted by atomic mass is 10.1. The zero-order valence-corrected chi connectivity index (χ0v) is 22.4. The van der Waals surface area contributed by atoms with Gasteiger partial charge in [0.2, 0.25) is 11.8 Å². The smallest absolute Gasteiger partial charge is 0.262 e. The maximum atomic E-state index is 13.4. The van der Waals surface area contributed by atoms with Crippen molar-refractivity contribution in [2.75, 3.05) is 5.32 Å². The fraction of sp³-hybridized carbons (Fsp3) is 0.296. The van der Waals surface area contributed by atoms with Crippen molar-refractivity contribution in [1.29, 1.82) is 0 Å². The standard InChI is InChI=1S/C27H26N6O5S/c1-14(2)26-29-17(13-39-26)12-32-11-16(7-10-22(32)35)24(36)30-19-6-4-5-18-23(19)28-15(3)33(27(18)38)20-8-9-21(34)31-25(20)37/h4-7,10-11,13-14,20H,8-9,12H2,1-3H3,(H,30,36)(H,31,34,37). The molecule has 0 radical (unpaired) electrons. The highest BCUT2D eigenvalue weighted by molar-refractivity contribution is 7.09. The van der Waals surface area contributed by atoms with Crippen LogP contribution in [0.2, 0.25) is 0 Å². The van der Waals surface area contributed by atoms with Crippen molar-refractivity contribution in [3.8, 4) is 0 Å². The van der Waals surface area contributed by atoms with E-state index in [9.17, 15) is 24.0 Å². The van der Waals surface area contributed by atoms with E-state index in [1.165, 1.54) is 38.8 Å². The average Bonchev–Trinajstić information content (AvgIpc) is 3.36. The van der Waals surface area contributed by atoms with Crippen LogP contribution in [0.25, 0.3) is 10.9 Å². The second-order valence-electron chi connectivity index (χ2n) is 9.67. The van der Waals surface area contributed by atoms with Crippen molar-refractivity contribution < 1.29 is 14.4 Å². The number of fused-ring (bicyclic) bond motifs is 1. The fourth-order valence-corrected chi connectivity index (χ4v) is 5.37. The number of thiazole rings is 1. The minimum Gasteiger partial charge on any atom is -0.320 e. The van der Waals surface area contributed by atoms with Gasteiger partial charge in [-0.25, -0.2) is 9.97 Å². The maximum Gasteiger partial charge on any atom is 0.262 e. The molecule has 1 fully saturated rings. The van der Waals surface area contributed by atoms with Crippen LogP contribution in [0.15, 0.2) is 51.5 Å². The molecule has 39 heavy (non-hydrogen) atoms. The van der Waals surface area contributed by atoms with E-state index in [1.54, 1.807) is 25.1 Å². The van der Waals surface area contributed by atoms with E-state index < -0.39 is 23.4 Å². The third-order valence-corrected chi connectivity index (χ3v) is 7.71. The molecule has 1 unspecified atom stereocenters. The minimum absolute atomic E-state index is 0.125. The van der Waals surface area contributed by atoms with Gasteiger partial charge >= 0.3 is 0 Å². The number of rotatable bonds is 6. The summed E-state index contributed by atoms with van der Waals surface area (Å²) in [6.45, 7) is 5.93. The summed E-state index contributed by atoms with van der Waals surface area (Å²) in [5.74, 6) is -0.842. The minimum atomic E-state index is -0.847. The van der Waals surface area contributed by atoms with Gasteiger partial charge in [0, 0.05) is 30.0 Å². The molecule has 11 nitrogen and oxygen atoms in total. The van der Waals surface area contributed by atoms with E-state index in [-0.39, 0.29) is 59.1 Å². The number of amides is 3. The van der Waals surface area contributed by atoms with Gasteiger partial charge in [-0.1, -0.05) is 19.9 Å². The van der Waals surface area contributed by atoms with E-state index in [4.69, 9.17) is 0 Å². The Kier molecular flexibility index (Phi) is 6.96. The van der Waals surface area contributed by atoms with Gasteiger partial charge in [-0.2, -0.15) is 0 Å². The molecule has 1 saturated heterocycles. The molecule has 1 aromatic carbocycles. The number of aryl methyl sites for hydroxylation is 1. The number of pyridine rings is 1. The number of nitrogens with one attached hydrogen (secondary N) is 2. The molecule has 4 heterocycles. The molecule has 1 aliphatic heterocycles. The highest BCUT2D eigenvalue weighted by Crippen LogP contribution is 2.24. The number of carbonyl (C=O) groups excluding carboxylic acids is 3. The summed E-state index contributed by atoms with van der Waals surface area (Å²) in [7, 11) is 0. The zero-order chi connectivity index (χ0) is 27.8. The van der Waals surface area contributed by atoms with E-state index in [0.29, 0.717) is 5.69 Å². The van der Waals surface area contributed by atoms with Gasteiger partial charge in [-0.05, 0) is 31.5 Å². The molecule has 3 amide bonds. The molecule has 12 heteroatoms. The van der Waals surface area contributed by atoms with Crippen molar-refractivity contribution >= 4 is 45.6 Å². The number of imide groups is 1. The lowest BCUT2D eigenvalue weighted by Crippen LogP contribution is -2.45. The molecule has 0 saturated carbocycles. The molecule has 3 aromatic heterocycles. The van der Waals surface area contributed by atoms with Crippen LogP contribution in [-0.4, -0.2) is 36.8 Å². The highest BCUT2D eigenvalue weighted by Gasteiger charge is 2.30. The molecule has 4 aromatic rings. The molecule has 0 spiro atoms. The van der Waals surface area contributed by atoms with Crippen LogP contribution in [0.3, 0.4) is 0 Å². The Morgan fingerprint density at radius 1 is 1.15 bits per heavy atom. The number of hydrogen-bond acceptors (Lipinski definition) is 8. The Morgan fingerprint density at radius 2 is 1.95 bits per heavy atom. The largest absolute Gasteiger partial charge is 0.320 e. The summed E-state index contributed by atoms with van der Waals surface area (Å²) in [5.41, 5.74) is 0.868. The number of para-hydroxylation sites is 1. The summed E-state index contributed by atoms with van der Waals surface area (Å²) < 4.78 is 2.72. The molecule has 5 rings (SSSR count). The van der Waals surface area contributed by atoms with Crippen molar-refractivity contribution in [1.82, 2.24) is 24.4 Å². The molecule has 1 aliphatic rings. The van der Waals surface area contributed by atoms with Crippen molar-refractivity contribution in [2.24, 2.45) is 0 Å². The number of aromatic nitrogens is 4. The molecular formula is C27H26N6O5S. The van der Waals surface area contributed by atoms with Crippen molar-refractivity contribution in [3.63, 3.8) is 0 Å². The first-order valence-electron chi connectivity index (χ1n) is 12.4. The Hall–Kier alpha value is -4.45. The summed E-state index contributed by atoms with van der Waals surface area (Å²) in [5, 5.41) is 8.16. The van der Waals surface area contributed by atoms with Crippen LogP contribution in [-0.2, 0) is 16.1 Å². The molecular weight excluding hydrogens is 520 g/mol. The van der Waals surface area contributed by atoms with Gasteiger partial charge in [-0.15, -0.1) is 11.3 Å². The SMILES string of the molecule is Cc1nc2c(NC(=O)c3ccc(=O)n(Cc4csc(C(C)C)n4)c3)cccc2c(=O)n1C1CCC(=O)NC1=O. The molecule has 0 bridgehead atoms. The number of benzene rings is 1. The van der Waals surface area contributed by atoms with Gasteiger partial charge in [-0.3, -0.25) is 33.9 Å². The average molecular weight is 547 g/mol. The normalized spacial score (nSPS) is 15.5. The van der Waals surface area contributed by atoms with E-state index in [0.717, 1.165) is 10.7 Å². The predicted octanol–water partition coefficient (Wildman–Crippen LogP) is 2.72. The van der Waals surface area contributed by atoms with E-state index in [2.05, 4.69) is 20.6 Å². The number of nitrogens with zero attached hydrogens (tertiary/aromatic N) is 4. The van der Waals surface area contributed by atoms with E-state index >= 15 is 0 Å². The number of hydrogen-bond donors (Lipinski definition) is 2. The third kappa shape index (κ3) is 5.15. The number of piperidine rings is 1. The van der Waals surface area contributed by atoms with Crippen LogP contribution in [0.4, 0.5) is 5.69 Å². The Balaban J connectivity index is 1.44. The van der Waals surface area contributed by atoms with E-state index in [1.807, 2.05) is 19.2 Å². The van der Waals surface area contributed by atoms with Crippen LogP contribution in [0.5, 0.6) is 0 Å². The zero-order valence-electron chi connectivity index (χ0n) is 21.6. The van der Waals surface area contributed by atoms with Gasteiger partial charge in [0.05, 0.1) is 33.9 Å².